The molecular weight excluding hydrogens is 291 g/mol. The molecule has 4 heteroatoms. The molecule has 0 aliphatic heterocycles. The number of hydrogen-bond donors (Lipinski definition) is 1. The highest BCUT2D eigenvalue weighted by atomic mass is 35.5. The van der Waals surface area contributed by atoms with Crippen molar-refractivity contribution in [3.05, 3.63) is 59.4 Å². The van der Waals surface area contributed by atoms with Crippen molar-refractivity contribution in [3.8, 4) is 22.6 Å². The summed E-state index contributed by atoms with van der Waals surface area (Å²) >= 11 is 6.06. The van der Waals surface area contributed by atoms with Gasteiger partial charge >= 0.3 is 0 Å². The first-order valence-electron chi connectivity index (χ1n) is 6.35. The Morgan fingerprint density at radius 1 is 1.00 bits per heavy atom. The molecule has 0 saturated heterocycles. The van der Waals surface area contributed by atoms with Gasteiger partial charge in [-0.25, -0.2) is 4.39 Å². The molecule has 0 atom stereocenters. The van der Waals surface area contributed by atoms with Crippen LogP contribution in [0.2, 0.25) is 5.02 Å². The van der Waals surface area contributed by atoms with E-state index in [1.165, 1.54) is 13.2 Å². The van der Waals surface area contributed by atoms with Crippen LogP contribution in [0.5, 0.6) is 11.5 Å². The standard InChI is InChI=1S/C17H12ClFO2/c1-21-16-7-4-11(9-14(16)19)10-2-5-13-12(8-10)3-6-15(20)17(13)18/h2-9,20H,1H3. The number of ether oxygens (including phenoxy) is 1. The number of fused-ring (bicyclic) bond motifs is 1. The largest absolute Gasteiger partial charge is 0.506 e. The molecule has 1 N–H and O–H groups in total. The fraction of sp³-hybridized carbons (Fsp3) is 0.0588. The lowest BCUT2D eigenvalue weighted by atomic mass is 10.0. The van der Waals surface area contributed by atoms with Gasteiger partial charge in [0.25, 0.3) is 0 Å². The Morgan fingerprint density at radius 2 is 1.71 bits per heavy atom. The number of hydrogen-bond acceptors (Lipinski definition) is 2. The van der Waals surface area contributed by atoms with E-state index in [2.05, 4.69) is 0 Å². The van der Waals surface area contributed by atoms with E-state index >= 15 is 0 Å². The van der Waals surface area contributed by atoms with Gasteiger partial charge in [0.1, 0.15) is 5.75 Å². The van der Waals surface area contributed by atoms with Gasteiger partial charge in [-0.2, -0.15) is 0 Å². The fourth-order valence-electron chi connectivity index (χ4n) is 2.31. The molecule has 3 aromatic rings. The highest BCUT2D eigenvalue weighted by molar-refractivity contribution is 6.37. The Kier molecular flexibility index (Phi) is 3.43. The Hall–Kier alpha value is -2.26. The quantitative estimate of drug-likeness (QED) is 0.720. The molecule has 0 radical (unpaired) electrons. The third-order valence-electron chi connectivity index (χ3n) is 3.42. The van der Waals surface area contributed by atoms with E-state index in [4.69, 9.17) is 16.3 Å². The molecule has 0 saturated carbocycles. The van der Waals surface area contributed by atoms with Crippen molar-refractivity contribution in [2.24, 2.45) is 0 Å². The molecule has 0 aromatic heterocycles. The first-order valence-corrected chi connectivity index (χ1v) is 6.73. The van der Waals surface area contributed by atoms with Crippen LogP contribution in [0.25, 0.3) is 21.9 Å². The van der Waals surface area contributed by atoms with E-state index in [0.717, 1.165) is 21.9 Å². The number of methoxy groups -OCH3 is 1. The summed E-state index contributed by atoms with van der Waals surface area (Å²) in [6.07, 6.45) is 0. The lowest BCUT2D eigenvalue weighted by molar-refractivity contribution is 0.386. The third-order valence-corrected chi connectivity index (χ3v) is 3.82. The molecule has 0 aliphatic rings. The zero-order chi connectivity index (χ0) is 15.0. The molecular formula is C17H12ClFO2. The summed E-state index contributed by atoms with van der Waals surface area (Å²) in [5.41, 5.74) is 1.62. The van der Waals surface area contributed by atoms with Gasteiger partial charge in [0.15, 0.2) is 11.6 Å². The molecule has 3 aromatic carbocycles. The number of benzene rings is 3. The second-order valence-corrected chi connectivity index (χ2v) is 5.06. The van der Waals surface area contributed by atoms with Crippen LogP contribution in [0.15, 0.2) is 48.5 Å². The normalized spacial score (nSPS) is 10.8. The minimum atomic E-state index is -0.404. The maximum atomic E-state index is 13.8. The van der Waals surface area contributed by atoms with Crippen molar-refractivity contribution in [2.75, 3.05) is 7.11 Å². The summed E-state index contributed by atoms with van der Waals surface area (Å²) in [5.74, 6) is -0.140. The predicted molar refractivity (Wildman–Crippen MR) is 82.6 cm³/mol. The van der Waals surface area contributed by atoms with Crippen molar-refractivity contribution >= 4 is 22.4 Å². The summed E-state index contributed by atoms with van der Waals surface area (Å²) < 4.78 is 18.7. The summed E-state index contributed by atoms with van der Waals surface area (Å²) in [6.45, 7) is 0. The zero-order valence-electron chi connectivity index (χ0n) is 11.2. The molecule has 0 aliphatic carbocycles. The van der Waals surface area contributed by atoms with Crippen LogP contribution >= 0.6 is 11.6 Å². The van der Waals surface area contributed by atoms with E-state index in [1.54, 1.807) is 24.3 Å². The van der Waals surface area contributed by atoms with Gasteiger partial charge in [0, 0.05) is 5.39 Å². The number of halogens is 2. The topological polar surface area (TPSA) is 29.5 Å². The van der Waals surface area contributed by atoms with Crippen LogP contribution in [-0.4, -0.2) is 12.2 Å². The molecule has 0 bridgehead atoms. The molecule has 106 valence electrons. The minimum absolute atomic E-state index is 0.0485. The smallest absolute Gasteiger partial charge is 0.165 e. The minimum Gasteiger partial charge on any atom is -0.506 e. The van der Waals surface area contributed by atoms with E-state index in [-0.39, 0.29) is 11.5 Å². The van der Waals surface area contributed by atoms with Crippen LogP contribution in [0.1, 0.15) is 0 Å². The molecule has 3 rings (SSSR count). The van der Waals surface area contributed by atoms with E-state index < -0.39 is 5.82 Å². The average molecular weight is 303 g/mol. The van der Waals surface area contributed by atoms with Crippen LogP contribution in [-0.2, 0) is 0 Å². The Labute approximate surface area is 126 Å². The highest BCUT2D eigenvalue weighted by Gasteiger charge is 2.08. The fourth-order valence-corrected chi connectivity index (χ4v) is 2.54. The van der Waals surface area contributed by atoms with Gasteiger partial charge in [-0.15, -0.1) is 0 Å². The molecule has 0 amide bonds. The number of rotatable bonds is 2. The van der Waals surface area contributed by atoms with Gasteiger partial charge in [-0.3, -0.25) is 0 Å². The number of phenolic OH excluding ortho intramolecular Hbond substituents is 1. The van der Waals surface area contributed by atoms with Gasteiger partial charge in [-0.1, -0.05) is 35.9 Å². The van der Waals surface area contributed by atoms with Crippen LogP contribution in [0.3, 0.4) is 0 Å². The van der Waals surface area contributed by atoms with Gasteiger partial charge < -0.3 is 9.84 Å². The van der Waals surface area contributed by atoms with Crippen molar-refractivity contribution in [3.63, 3.8) is 0 Å². The summed E-state index contributed by atoms with van der Waals surface area (Å²) in [5, 5.41) is 11.6. The maximum absolute atomic E-state index is 13.8. The highest BCUT2D eigenvalue weighted by Crippen LogP contribution is 2.34. The second-order valence-electron chi connectivity index (χ2n) is 4.68. The van der Waals surface area contributed by atoms with Gasteiger partial charge in [0.05, 0.1) is 12.1 Å². The molecule has 0 unspecified atom stereocenters. The van der Waals surface area contributed by atoms with E-state index in [9.17, 15) is 9.50 Å². The average Bonchev–Trinajstić information content (AvgIpc) is 2.50. The molecule has 21 heavy (non-hydrogen) atoms. The van der Waals surface area contributed by atoms with Crippen molar-refractivity contribution in [2.45, 2.75) is 0 Å². The van der Waals surface area contributed by atoms with Crippen molar-refractivity contribution in [1.82, 2.24) is 0 Å². The van der Waals surface area contributed by atoms with Crippen molar-refractivity contribution < 1.29 is 14.2 Å². The zero-order valence-corrected chi connectivity index (χ0v) is 12.0. The Morgan fingerprint density at radius 3 is 2.43 bits per heavy atom. The molecule has 0 spiro atoms. The first-order chi connectivity index (χ1) is 10.1. The predicted octanol–water partition coefficient (Wildman–Crippen LogP) is 5.01. The number of phenols is 1. The molecule has 2 nitrogen and oxygen atoms in total. The summed E-state index contributed by atoms with van der Waals surface area (Å²) in [7, 11) is 1.43. The van der Waals surface area contributed by atoms with Crippen molar-refractivity contribution in [1.29, 1.82) is 0 Å². The Bertz CT molecular complexity index is 830. The second kappa shape index (κ2) is 5.26. The lowest BCUT2D eigenvalue weighted by Gasteiger charge is -2.08. The SMILES string of the molecule is COc1ccc(-c2ccc3c(Cl)c(O)ccc3c2)cc1F. The molecule has 0 fully saturated rings. The number of aromatic hydroxyl groups is 1. The van der Waals surface area contributed by atoms with Gasteiger partial charge in [-0.05, 0) is 40.8 Å². The van der Waals surface area contributed by atoms with Crippen LogP contribution < -0.4 is 4.74 Å². The maximum Gasteiger partial charge on any atom is 0.165 e. The summed E-state index contributed by atoms with van der Waals surface area (Å²) in [6, 6.07) is 13.7. The molecule has 0 heterocycles. The van der Waals surface area contributed by atoms with Crippen LogP contribution in [0.4, 0.5) is 4.39 Å². The Balaban J connectivity index is 2.13. The first kappa shape index (κ1) is 13.7. The van der Waals surface area contributed by atoms with Gasteiger partial charge in [0.2, 0.25) is 0 Å². The summed E-state index contributed by atoms with van der Waals surface area (Å²) in [4.78, 5) is 0. The third kappa shape index (κ3) is 2.41. The lowest BCUT2D eigenvalue weighted by Crippen LogP contribution is -1.88. The van der Waals surface area contributed by atoms with E-state index in [0.29, 0.717) is 5.02 Å². The monoisotopic (exact) mass is 302 g/mol. The van der Waals surface area contributed by atoms with Crippen LogP contribution in [0, 0.1) is 5.82 Å². The van der Waals surface area contributed by atoms with E-state index in [1.807, 2.05) is 18.2 Å².